The fourth-order valence-electron chi connectivity index (χ4n) is 1.70. The number of nitrogens with zero attached hydrogens (tertiary/aromatic N) is 3. The molecule has 0 bridgehead atoms. The third-order valence-electron chi connectivity index (χ3n) is 2.70. The number of hydrogen-bond acceptors (Lipinski definition) is 5. The topological polar surface area (TPSA) is 75.3 Å². The van der Waals surface area contributed by atoms with Gasteiger partial charge in [0.15, 0.2) is 0 Å². The number of aliphatic hydroxyl groups excluding tert-OH is 1. The summed E-state index contributed by atoms with van der Waals surface area (Å²) in [4.78, 5) is 10.3. The van der Waals surface area contributed by atoms with Gasteiger partial charge in [0.2, 0.25) is 0 Å². The van der Waals surface area contributed by atoms with Crippen molar-refractivity contribution in [3.63, 3.8) is 0 Å². The third-order valence-corrected chi connectivity index (χ3v) is 2.70. The van der Waals surface area contributed by atoms with Crippen LogP contribution in [0.1, 0.15) is 18.4 Å². The van der Waals surface area contributed by atoms with Crippen molar-refractivity contribution in [2.24, 2.45) is 0 Å². The maximum absolute atomic E-state index is 9.02. The molecule has 82 valence electrons. The van der Waals surface area contributed by atoms with Gasteiger partial charge in [-0.3, -0.25) is 0 Å². The summed E-state index contributed by atoms with van der Waals surface area (Å²) >= 11 is 0. The zero-order chi connectivity index (χ0) is 10.8. The van der Waals surface area contributed by atoms with E-state index in [9.17, 15) is 0 Å². The van der Waals surface area contributed by atoms with Crippen molar-refractivity contribution >= 4 is 11.6 Å². The van der Waals surface area contributed by atoms with Crippen LogP contribution >= 0.6 is 0 Å². The van der Waals surface area contributed by atoms with Crippen LogP contribution in [0.15, 0.2) is 6.33 Å². The number of nitrogens with two attached hydrogens (primary N) is 1. The number of nitrogen functional groups attached to an aromatic ring is 1. The molecule has 2 rings (SSSR count). The molecule has 15 heavy (non-hydrogen) atoms. The smallest absolute Gasteiger partial charge is 0.137 e. The van der Waals surface area contributed by atoms with E-state index in [1.54, 1.807) is 0 Å². The highest BCUT2D eigenvalue weighted by Crippen LogP contribution is 2.32. The van der Waals surface area contributed by atoms with Crippen LogP contribution < -0.4 is 10.6 Å². The van der Waals surface area contributed by atoms with Gasteiger partial charge in [-0.15, -0.1) is 0 Å². The van der Waals surface area contributed by atoms with E-state index in [2.05, 4.69) is 14.9 Å². The molecule has 1 aromatic rings. The lowest BCUT2D eigenvalue weighted by Crippen LogP contribution is -2.30. The molecular weight excluding hydrogens is 192 g/mol. The van der Waals surface area contributed by atoms with Crippen LogP contribution in [0.2, 0.25) is 0 Å². The standard InChI is InChI=1S/C10H16N4O/c1-7-9(11)12-6-13-10(7)14(4-5-15)8-2-3-8/h6,8,15H,2-5H2,1H3,(H2,11,12,13). The Morgan fingerprint density at radius 1 is 1.53 bits per heavy atom. The average Bonchev–Trinajstić information content (AvgIpc) is 3.03. The highest BCUT2D eigenvalue weighted by atomic mass is 16.3. The monoisotopic (exact) mass is 208 g/mol. The van der Waals surface area contributed by atoms with Crippen molar-refractivity contribution in [1.82, 2.24) is 9.97 Å². The first kappa shape index (κ1) is 10.2. The van der Waals surface area contributed by atoms with E-state index >= 15 is 0 Å². The zero-order valence-corrected chi connectivity index (χ0v) is 8.85. The third kappa shape index (κ3) is 2.02. The van der Waals surface area contributed by atoms with Gasteiger partial charge in [-0.1, -0.05) is 0 Å². The Balaban J connectivity index is 2.28. The van der Waals surface area contributed by atoms with Gasteiger partial charge in [-0.25, -0.2) is 9.97 Å². The van der Waals surface area contributed by atoms with E-state index < -0.39 is 0 Å². The molecule has 1 heterocycles. The van der Waals surface area contributed by atoms with E-state index in [-0.39, 0.29) is 6.61 Å². The maximum Gasteiger partial charge on any atom is 0.137 e. The summed E-state index contributed by atoms with van der Waals surface area (Å²) in [6.07, 6.45) is 3.82. The minimum Gasteiger partial charge on any atom is -0.395 e. The molecule has 1 saturated carbocycles. The summed E-state index contributed by atoms with van der Waals surface area (Å²) in [6.45, 7) is 2.67. The molecule has 0 aromatic carbocycles. The number of hydrogen-bond donors (Lipinski definition) is 2. The van der Waals surface area contributed by atoms with Gasteiger partial charge < -0.3 is 15.7 Å². The van der Waals surface area contributed by atoms with E-state index in [0.29, 0.717) is 18.4 Å². The van der Waals surface area contributed by atoms with Gasteiger partial charge in [-0.05, 0) is 19.8 Å². The van der Waals surface area contributed by atoms with Crippen LogP contribution in [0.25, 0.3) is 0 Å². The van der Waals surface area contributed by atoms with E-state index in [0.717, 1.165) is 11.4 Å². The molecule has 3 N–H and O–H groups in total. The fraction of sp³-hybridized carbons (Fsp3) is 0.600. The van der Waals surface area contributed by atoms with Gasteiger partial charge in [0, 0.05) is 18.2 Å². The maximum atomic E-state index is 9.02. The Labute approximate surface area is 88.9 Å². The fourth-order valence-corrected chi connectivity index (χ4v) is 1.70. The molecule has 1 aliphatic rings. The van der Waals surface area contributed by atoms with Gasteiger partial charge in [0.1, 0.15) is 18.0 Å². The first-order chi connectivity index (χ1) is 7.24. The van der Waals surface area contributed by atoms with E-state index in [1.807, 2.05) is 6.92 Å². The van der Waals surface area contributed by atoms with Crippen LogP contribution in [-0.4, -0.2) is 34.3 Å². The molecule has 5 heteroatoms. The Morgan fingerprint density at radius 2 is 2.27 bits per heavy atom. The van der Waals surface area contributed by atoms with Crippen molar-refractivity contribution < 1.29 is 5.11 Å². The number of aliphatic hydroxyl groups is 1. The Morgan fingerprint density at radius 3 is 2.87 bits per heavy atom. The molecule has 0 radical (unpaired) electrons. The number of rotatable bonds is 4. The second-order valence-corrected chi connectivity index (χ2v) is 3.86. The van der Waals surface area contributed by atoms with Crippen molar-refractivity contribution in [3.05, 3.63) is 11.9 Å². The van der Waals surface area contributed by atoms with Crippen molar-refractivity contribution in [3.8, 4) is 0 Å². The lowest BCUT2D eigenvalue weighted by atomic mass is 10.3. The lowest BCUT2D eigenvalue weighted by Gasteiger charge is -2.24. The largest absolute Gasteiger partial charge is 0.395 e. The van der Waals surface area contributed by atoms with E-state index in [4.69, 9.17) is 10.8 Å². The van der Waals surface area contributed by atoms with Crippen LogP contribution in [0.4, 0.5) is 11.6 Å². The molecule has 5 nitrogen and oxygen atoms in total. The quantitative estimate of drug-likeness (QED) is 0.745. The highest BCUT2D eigenvalue weighted by molar-refractivity contribution is 5.56. The molecule has 1 aromatic heterocycles. The summed E-state index contributed by atoms with van der Waals surface area (Å²) < 4.78 is 0. The predicted octanol–water partition coefficient (Wildman–Crippen LogP) is 0.328. The van der Waals surface area contributed by atoms with Crippen LogP contribution in [-0.2, 0) is 0 Å². The van der Waals surface area contributed by atoms with Crippen molar-refractivity contribution in [1.29, 1.82) is 0 Å². The van der Waals surface area contributed by atoms with Gasteiger partial charge in [-0.2, -0.15) is 0 Å². The molecule has 0 atom stereocenters. The van der Waals surface area contributed by atoms with Gasteiger partial charge in [0.25, 0.3) is 0 Å². The highest BCUT2D eigenvalue weighted by Gasteiger charge is 2.30. The van der Waals surface area contributed by atoms with Crippen LogP contribution in [0.5, 0.6) is 0 Å². The minimum absolute atomic E-state index is 0.139. The van der Waals surface area contributed by atoms with Crippen LogP contribution in [0.3, 0.4) is 0 Å². The Bertz CT molecular complexity index is 351. The average molecular weight is 208 g/mol. The molecule has 0 unspecified atom stereocenters. The van der Waals surface area contributed by atoms with E-state index in [1.165, 1.54) is 19.2 Å². The summed E-state index contributed by atoms with van der Waals surface area (Å²) in [7, 11) is 0. The minimum atomic E-state index is 0.139. The summed E-state index contributed by atoms with van der Waals surface area (Å²) in [5.74, 6) is 1.38. The summed E-state index contributed by atoms with van der Waals surface area (Å²) in [5, 5.41) is 9.02. The van der Waals surface area contributed by atoms with Crippen LogP contribution in [0, 0.1) is 6.92 Å². The Kier molecular flexibility index (Phi) is 2.73. The molecule has 1 fully saturated rings. The lowest BCUT2D eigenvalue weighted by molar-refractivity contribution is 0.301. The molecular formula is C10H16N4O. The zero-order valence-electron chi connectivity index (χ0n) is 8.85. The number of aromatic nitrogens is 2. The first-order valence-corrected chi connectivity index (χ1v) is 5.18. The SMILES string of the molecule is Cc1c(N)ncnc1N(CCO)C1CC1. The molecule has 0 saturated heterocycles. The summed E-state index contributed by atoms with van der Waals surface area (Å²) in [6, 6.07) is 0.519. The predicted molar refractivity (Wildman–Crippen MR) is 58.6 cm³/mol. The van der Waals surface area contributed by atoms with Gasteiger partial charge in [0.05, 0.1) is 6.61 Å². The molecule has 0 amide bonds. The van der Waals surface area contributed by atoms with Crippen molar-refractivity contribution in [2.45, 2.75) is 25.8 Å². The van der Waals surface area contributed by atoms with Crippen molar-refractivity contribution in [2.75, 3.05) is 23.8 Å². The normalized spacial score (nSPS) is 15.3. The number of anilines is 2. The van der Waals surface area contributed by atoms with Gasteiger partial charge >= 0.3 is 0 Å². The molecule has 0 aliphatic heterocycles. The second-order valence-electron chi connectivity index (χ2n) is 3.86. The Hall–Kier alpha value is -1.36. The second kappa shape index (κ2) is 4.02. The first-order valence-electron chi connectivity index (χ1n) is 5.18. The summed E-state index contributed by atoms with van der Waals surface area (Å²) in [5.41, 5.74) is 6.64. The molecule has 0 spiro atoms. The molecule has 1 aliphatic carbocycles.